The zero-order valence-corrected chi connectivity index (χ0v) is 16.0. The highest BCUT2D eigenvalue weighted by atomic mass is 32.2. The molecular formula is C21H25NO3S. The van der Waals surface area contributed by atoms with E-state index in [-0.39, 0.29) is 22.5 Å². The van der Waals surface area contributed by atoms with Crippen molar-refractivity contribution in [3.05, 3.63) is 65.7 Å². The number of carbonyl (C=O) groups is 1. The molecule has 1 aliphatic carbocycles. The number of aryl methyl sites for hydroxylation is 1. The zero-order chi connectivity index (χ0) is 18.7. The van der Waals surface area contributed by atoms with Crippen molar-refractivity contribution < 1.29 is 13.2 Å². The van der Waals surface area contributed by atoms with Gasteiger partial charge in [0.25, 0.3) is 0 Å². The first kappa shape index (κ1) is 18.8. The number of Topliss-reactive ketones (excluding diaryl/α,β-unsaturated/α-hetero) is 1. The molecule has 3 rings (SSSR count). The van der Waals surface area contributed by atoms with Crippen LogP contribution in [-0.4, -0.2) is 14.2 Å². The highest BCUT2D eigenvalue weighted by molar-refractivity contribution is 7.89. The van der Waals surface area contributed by atoms with Gasteiger partial charge in [-0.2, -0.15) is 0 Å². The van der Waals surface area contributed by atoms with Crippen LogP contribution < -0.4 is 4.72 Å². The minimum atomic E-state index is -3.72. The van der Waals surface area contributed by atoms with E-state index >= 15 is 0 Å². The monoisotopic (exact) mass is 371 g/mol. The molecule has 0 saturated heterocycles. The van der Waals surface area contributed by atoms with Crippen molar-refractivity contribution in [3.63, 3.8) is 0 Å². The molecule has 1 aliphatic rings. The Morgan fingerprint density at radius 2 is 1.69 bits per heavy atom. The van der Waals surface area contributed by atoms with Gasteiger partial charge in [-0.1, -0.05) is 55.0 Å². The first-order valence-electron chi connectivity index (χ1n) is 9.05. The molecule has 5 heteroatoms. The number of ketones is 1. The van der Waals surface area contributed by atoms with Gasteiger partial charge in [0, 0.05) is 12.3 Å². The Morgan fingerprint density at radius 1 is 1.04 bits per heavy atom. The Balaban J connectivity index is 1.98. The molecule has 2 aromatic carbocycles. The van der Waals surface area contributed by atoms with E-state index in [9.17, 15) is 13.2 Å². The van der Waals surface area contributed by atoms with Crippen LogP contribution in [0.15, 0.2) is 59.5 Å². The number of hydrogen-bond acceptors (Lipinski definition) is 3. The number of hydrogen-bond donors (Lipinski definition) is 1. The van der Waals surface area contributed by atoms with E-state index in [4.69, 9.17) is 0 Å². The topological polar surface area (TPSA) is 63.2 Å². The normalized spacial score (nSPS) is 22.2. The van der Waals surface area contributed by atoms with Crippen LogP contribution in [0, 0.1) is 18.8 Å². The summed E-state index contributed by atoms with van der Waals surface area (Å²) < 4.78 is 28.7. The van der Waals surface area contributed by atoms with Gasteiger partial charge in [0.15, 0.2) is 0 Å². The molecule has 138 valence electrons. The molecule has 0 aromatic heterocycles. The van der Waals surface area contributed by atoms with Crippen LogP contribution in [0.25, 0.3) is 0 Å². The van der Waals surface area contributed by atoms with E-state index in [1.54, 1.807) is 24.3 Å². The molecule has 0 amide bonds. The van der Waals surface area contributed by atoms with Crippen molar-refractivity contribution in [1.82, 2.24) is 4.72 Å². The molecule has 0 spiro atoms. The van der Waals surface area contributed by atoms with Gasteiger partial charge in [-0.05, 0) is 43.4 Å². The minimum Gasteiger partial charge on any atom is -0.299 e. The van der Waals surface area contributed by atoms with E-state index in [1.807, 2.05) is 44.2 Å². The predicted molar refractivity (Wildman–Crippen MR) is 102 cm³/mol. The molecule has 1 N–H and O–H groups in total. The van der Waals surface area contributed by atoms with Crippen LogP contribution in [0.5, 0.6) is 0 Å². The molecular weight excluding hydrogens is 346 g/mol. The van der Waals surface area contributed by atoms with E-state index in [2.05, 4.69) is 4.72 Å². The van der Waals surface area contributed by atoms with Crippen molar-refractivity contribution >= 4 is 15.8 Å². The van der Waals surface area contributed by atoms with E-state index in [0.29, 0.717) is 6.42 Å². The van der Waals surface area contributed by atoms with Crippen molar-refractivity contribution in [3.8, 4) is 0 Å². The quantitative estimate of drug-likeness (QED) is 0.863. The average molecular weight is 372 g/mol. The summed E-state index contributed by atoms with van der Waals surface area (Å²) in [5.74, 6) is -0.0576. The largest absolute Gasteiger partial charge is 0.299 e. The molecule has 0 aliphatic heterocycles. The molecule has 4 nitrogen and oxygen atoms in total. The smallest absolute Gasteiger partial charge is 0.241 e. The summed E-state index contributed by atoms with van der Waals surface area (Å²) in [5, 5.41) is 0. The second-order valence-electron chi connectivity index (χ2n) is 7.18. The Kier molecular flexibility index (Phi) is 5.58. The molecule has 26 heavy (non-hydrogen) atoms. The van der Waals surface area contributed by atoms with Gasteiger partial charge in [0.05, 0.1) is 10.9 Å². The number of sulfonamides is 1. The van der Waals surface area contributed by atoms with Gasteiger partial charge in [-0.15, -0.1) is 0 Å². The summed E-state index contributed by atoms with van der Waals surface area (Å²) in [4.78, 5) is 12.9. The second kappa shape index (κ2) is 7.72. The van der Waals surface area contributed by atoms with Gasteiger partial charge in [-0.25, -0.2) is 13.1 Å². The number of nitrogens with one attached hydrogen (secondary N) is 1. The van der Waals surface area contributed by atoms with Gasteiger partial charge in [-0.3, -0.25) is 4.79 Å². The number of benzene rings is 2. The predicted octanol–water partition coefficient (Wildman–Crippen LogP) is 4.02. The Labute approximate surface area is 155 Å². The summed E-state index contributed by atoms with van der Waals surface area (Å²) in [5.41, 5.74) is 1.83. The van der Waals surface area contributed by atoms with Crippen molar-refractivity contribution in [2.24, 2.45) is 11.8 Å². The fourth-order valence-corrected chi connectivity index (χ4v) is 4.99. The summed E-state index contributed by atoms with van der Waals surface area (Å²) in [6.07, 6.45) is 2.33. The van der Waals surface area contributed by atoms with Crippen LogP contribution in [0.3, 0.4) is 0 Å². The lowest BCUT2D eigenvalue weighted by atomic mass is 9.74. The van der Waals surface area contributed by atoms with Crippen molar-refractivity contribution in [2.45, 2.75) is 44.0 Å². The van der Waals surface area contributed by atoms with Crippen LogP contribution in [0.2, 0.25) is 0 Å². The van der Waals surface area contributed by atoms with E-state index in [1.165, 1.54) is 0 Å². The maximum Gasteiger partial charge on any atom is 0.241 e. The van der Waals surface area contributed by atoms with Gasteiger partial charge < -0.3 is 0 Å². The fraction of sp³-hybridized carbons (Fsp3) is 0.381. The molecule has 0 radical (unpaired) electrons. The lowest BCUT2D eigenvalue weighted by molar-refractivity contribution is -0.127. The van der Waals surface area contributed by atoms with Crippen molar-refractivity contribution in [2.75, 3.05) is 0 Å². The average Bonchev–Trinajstić information content (AvgIpc) is 2.62. The van der Waals surface area contributed by atoms with Crippen LogP contribution in [0.4, 0.5) is 0 Å². The van der Waals surface area contributed by atoms with Gasteiger partial charge in [0.2, 0.25) is 10.0 Å². The van der Waals surface area contributed by atoms with Crippen molar-refractivity contribution in [1.29, 1.82) is 0 Å². The van der Waals surface area contributed by atoms with Crippen LogP contribution in [-0.2, 0) is 14.8 Å². The molecule has 0 heterocycles. The maximum atomic E-state index is 13.0. The highest BCUT2D eigenvalue weighted by Crippen LogP contribution is 2.37. The Hall–Kier alpha value is -1.98. The number of carbonyl (C=O) groups excluding carboxylic acids is 1. The first-order chi connectivity index (χ1) is 12.4. The van der Waals surface area contributed by atoms with E-state index in [0.717, 1.165) is 24.0 Å². The number of rotatable bonds is 5. The SMILES string of the molecule is Cc1ccc(S(=O)(=O)N[C@H](c2ccccc2)[C@H]2C(=O)CCC[C@@H]2C)cc1. The second-order valence-corrected chi connectivity index (χ2v) is 8.90. The summed E-state index contributed by atoms with van der Waals surface area (Å²) >= 11 is 0. The summed E-state index contributed by atoms with van der Waals surface area (Å²) in [7, 11) is -3.72. The minimum absolute atomic E-state index is 0.141. The summed E-state index contributed by atoms with van der Waals surface area (Å²) in [6.45, 7) is 3.96. The molecule has 1 saturated carbocycles. The highest BCUT2D eigenvalue weighted by Gasteiger charge is 2.38. The molecule has 3 atom stereocenters. The lowest BCUT2D eigenvalue weighted by Gasteiger charge is -2.34. The summed E-state index contributed by atoms with van der Waals surface area (Å²) in [6, 6.07) is 15.6. The Bertz CT molecular complexity index is 860. The zero-order valence-electron chi connectivity index (χ0n) is 15.2. The van der Waals surface area contributed by atoms with Crippen LogP contribution >= 0.6 is 0 Å². The Morgan fingerprint density at radius 3 is 2.31 bits per heavy atom. The van der Waals surface area contributed by atoms with Gasteiger partial charge in [0.1, 0.15) is 5.78 Å². The fourth-order valence-electron chi connectivity index (χ4n) is 3.74. The molecule has 0 bridgehead atoms. The van der Waals surface area contributed by atoms with Gasteiger partial charge >= 0.3 is 0 Å². The third-order valence-electron chi connectivity index (χ3n) is 5.20. The third-order valence-corrected chi connectivity index (χ3v) is 6.66. The first-order valence-corrected chi connectivity index (χ1v) is 10.5. The third kappa shape index (κ3) is 4.05. The lowest BCUT2D eigenvalue weighted by Crippen LogP contribution is -2.41. The van der Waals surface area contributed by atoms with Crippen LogP contribution in [0.1, 0.15) is 43.4 Å². The maximum absolute atomic E-state index is 13.0. The van der Waals surface area contributed by atoms with E-state index < -0.39 is 16.1 Å². The molecule has 2 aromatic rings. The molecule has 0 unspecified atom stereocenters. The standard InChI is InChI=1S/C21H25NO3S/c1-15-11-13-18(14-12-15)26(24,25)22-21(17-8-4-3-5-9-17)20-16(2)7-6-10-19(20)23/h3-5,8-9,11-14,16,20-22H,6-7,10H2,1-2H3/t16-,20+,21+/m0/s1. The molecule has 1 fully saturated rings.